The van der Waals surface area contributed by atoms with Crippen LogP contribution < -0.4 is 10.2 Å². The highest BCUT2D eigenvalue weighted by Crippen LogP contribution is 2.27. The third-order valence-electron chi connectivity index (χ3n) is 5.19. The molecule has 2 N–H and O–H groups in total. The number of nitro benzene ring substituents is 2. The fourth-order valence-electron chi connectivity index (χ4n) is 3.29. The normalized spacial score (nSPS) is 13.9. The first-order chi connectivity index (χ1) is 19.6. The highest BCUT2D eigenvalue weighted by molar-refractivity contribution is 7.03. The number of nitrogens with zero attached hydrogens (tertiary/aromatic N) is 4. The fraction of sp³-hybridized carbons (Fsp3) is 0.417. The Kier molecular flexibility index (Phi) is 16.2. The molecule has 2 heterocycles. The summed E-state index contributed by atoms with van der Waals surface area (Å²) in [6, 6.07) is 6.49. The highest BCUT2D eigenvalue weighted by Gasteiger charge is 2.21. The lowest BCUT2D eigenvalue weighted by molar-refractivity contribution is -0.385. The SMILES string of the molecule is C1COCCN1.CN=P.COC(=O)c1ccc([N+](=O)[O-])cc1F.O=C(O)c1ccc([N+](=O)[O-])cc1N1CCOCC1. The Morgan fingerprint density at radius 2 is 1.49 bits per heavy atom. The predicted molar refractivity (Wildman–Crippen MR) is 148 cm³/mol. The summed E-state index contributed by atoms with van der Waals surface area (Å²) in [6.45, 7) is 5.87. The van der Waals surface area contributed by atoms with Crippen molar-refractivity contribution in [3.63, 3.8) is 0 Å². The molecule has 0 radical (unpaired) electrons. The molecule has 0 aliphatic carbocycles. The van der Waals surface area contributed by atoms with Crippen molar-refractivity contribution in [3.05, 3.63) is 73.6 Å². The van der Waals surface area contributed by atoms with Gasteiger partial charge in [-0.1, -0.05) is 0 Å². The number of aromatic carboxylic acids is 1. The van der Waals surface area contributed by atoms with E-state index in [-0.39, 0.29) is 16.8 Å². The van der Waals surface area contributed by atoms with Crippen LogP contribution in [0.1, 0.15) is 20.7 Å². The van der Waals surface area contributed by atoms with Crippen molar-refractivity contribution in [2.45, 2.75) is 0 Å². The van der Waals surface area contributed by atoms with Gasteiger partial charge in [0.05, 0.1) is 66.3 Å². The highest BCUT2D eigenvalue weighted by atomic mass is 31.0. The smallest absolute Gasteiger partial charge is 0.340 e. The fourth-order valence-corrected chi connectivity index (χ4v) is 3.29. The lowest BCUT2D eigenvalue weighted by Gasteiger charge is -2.29. The number of rotatable bonds is 5. The van der Waals surface area contributed by atoms with Gasteiger partial charge >= 0.3 is 11.9 Å². The number of hydrogen-bond acceptors (Lipinski definition) is 12. The summed E-state index contributed by atoms with van der Waals surface area (Å²) >= 11 is 0. The van der Waals surface area contributed by atoms with Crippen LogP contribution in [0.25, 0.3) is 0 Å². The van der Waals surface area contributed by atoms with Gasteiger partial charge in [0.1, 0.15) is 5.82 Å². The number of carboxylic acid groups (broad SMARTS) is 1. The summed E-state index contributed by atoms with van der Waals surface area (Å²) in [7, 11) is 5.57. The Labute approximate surface area is 236 Å². The molecule has 224 valence electrons. The van der Waals surface area contributed by atoms with Crippen LogP contribution in [-0.2, 0) is 14.2 Å². The van der Waals surface area contributed by atoms with Crippen molar-refractivity contribution in [3.8, 4) is 0 Å². The molecule has 2 aromatic rings. The van der Waals surface area contributed by atoms with Gasteiger partial charge in [-0.05, 0) is 21.2 Å². The summed E-state index contributed by atoms with van der Waals surface area (Å²) in [5.74, 6) is -2.92. The minimum absolute atomic E-state index is 0.0718. The first kappa shape index (κ1) is 34.9. The molecule has 15 nitrogen and oxygen atoms in total. The van der Waals surface area contributed by atoms with Crippen LogP contribution >= 0.6 is 9.03 Å². The summed E-state index contributed by atoms with van der Waals surface area (Å²) in [6.07, 6.45) is 0. The molecule has 41 heavy (non-hydrogen) atoms. The van der Waals surface area contributed by atoms with Crippen LogP contribution in [0.3, 0.4) is 0 Å². The van der Waals surface area contributed by atoms with E-state index < -0.39 is 33.3 Å². The molecule has 2 saturated heterocycles. The van der Waals surface area contributed by atoms with E-state index in [9.17, 15) is 34.2 Å². The second-order valence-electron chi connectivity index (χ2n) is 7.86. The topological polar surface area (TPSA) is 196 Å². The van der Waals surface area contributed by atoms with E-state index in [1.165, 1.54) is 18.2 Å². The number of nitro groups is 2. The van der Waals surface area contributed by atoms with E-state index in [1.54, 1.807) is 11.9 Å². The number of carboxylic acids is 1. The van der Waals surface area contributed by atoms with Crippen LogP contribution in [0.5, 0.6) is 0 Å². The Bertz CT molecular complexity index is 1180. The maximum atomic E-state index is 13.0. The van der Waals surface area contributed by atoms with Gasteiger partial charge in [0.25, 0.3) is 11.4 Å². The lowest BCUT2D eigenvalue weighted by Crippen LogP contribution is -2.37. The maximum absolute atomic E-state index is 13.0. The number of non-ortho nitro benzene ring substituents is 2. The second kappa shape index (κ2) is 19.0. The van der Waals surface area contributed by atoms with Gasteiger partial charge in [0.15, 0.2) is 0 Å². The number of hydrogen-bond donors (Lipinski definition) is 2. The van der Waals surface area contributed by atoms with E-state index in [0.29, 0.717) is 38.1 Å². The number of carbonyl (C=O) groups excluding carboxylic acids is 1. The minimum Gasteiger partial charge on any atom is -0.478 e. The van der Waals surface area contributed by atoms with Crippen LogP contribution in [0.15, 0.2) is 41.1 Å². The molecule has 0 aromatic heterocycles. The zero-order chi connectivity index (χ0) is 30.8. The largest absolute Gasteiger partial charge is 0.478 e. The molecule has 2 fully saturated rings. The number of esters is 1. The minimum atomic E-state index is -1.09. The van der Waals surface area contributed by atoms with Gasteiger partial charge in [0.2, 0.25) is 0 Å². The van der Waals surface area contributed by atoms with Crippen LogP contribution in [0, 0.1) is 26.0 Å². The molecule has 2 aromatic carbocycles. The van der Waals surface area contributed by atoms with Gasteiger partial charge in [-0.3, -0.25) is 25.0 Å². The van der Waals surface area contributed by atoms with Crippen molar-refractivity contribution >= 4 is 38.0 Å². The molecule has 17 heteroatoms. The van der Waals surface area contributed by atoms with Gasteiger partial charge in [0, 0.05) is 51.4 Å². The molecule has 0 spiro atoms. The van der Waals surface area contributed by atoms with Crippen molar-refractivity contribution in [1.82, 2.24) is 5.32 Å². The molecule has 0 saturated carbocycles. The summed E-state index contributed by atoms with van der Waals surface area (Å²) < 4.78 is 30.8. The van der Waals surface area contributed by atoms with Crippen molar-refractivity contribution in [1.29, 1.82) is 0 Å². The number of anilines is 1. The average Bonchev–Trinajstić information content (AvgIpc) is 2.98. The Hall–Kier alpha value is -4.11. The van der Waals surface area contributed by atoms with Crippen LogP contribution in [0.4, 0.5) is 21.5 Å². The molecule has 0 atom stereocenters. The Balaban J connectivity index is 0.000000322. The van der Waals surface area contributed by atoms with E-state index in [0.717, 1.165) is 45.5 Å². The average molecular weight is 600 g/mol. The van der Waals surface area contributed by atoms with Crippen molar-refractivity contribution < 1.29 is 43.1 Å². The van der Waals surface area contributed by atoms with Gasteiger partial charge in [-0.2, -0.15) is 0 Å². The zero-order valence-corrected chi connectivity index (χ0v) is 23.4. The lowest BCUT2D eigenvalue weighted by atomic mass is 10.1. The summed E-state index contributed by atoms with van der Waals surface area (Å²) in [5, 5.41) is 33.2. The quantitative estimate of drug-likeness (QED) is 0.221. The first-order valence-electron chi connectivity index (χ1n) is 12.0. The van der Waals surface area contributed by atoms with Crippen molar-refractivity contribution in [2.24, 2.45) is 4.74 Å². The van der Waals surface area contributed by atoms with Gasteiger partial charge < -0.3 is 29.5 Å². The molecule has 0 bridgehead atoms. The molecule has 2 aliphatic heterocycles. The molecule has 4 rings (SSSR count). The molecule has 0 unspecified atom stereocenters. The molecular formula is C24H31FN5O10P. The standard InChI is InChI=1S/C11H12N2O5.C8H6FNO4.C4H9NO.CH4NP/c14-11(15)9-2-1-8(13(16)17)7-10(9)12-3-5-18-6-4-12;1-14-8(11)6-3-2-5(10(12)13)4-7(6)9;1-3-6-4-2-5-1;1-2-3/h1-2,7H,3-6H2,(H,14,15);2-4H,1H3;5H,1-4H2;3H,1H3. The summed E-state index contributed by atoms with van der Waals surface area (Å²) in [4.78, 5) is 43.5. The van der Waals surface area contributed by atoms with Crippen molar-refractivity contribution in [2.75, 3.05) is 71.7 Å². The number of methoxy groups -OCH3 is 1. The Morgan fingerprint density at radius 1 is 1.00 bits per heavy atom. The zero-order valence-electron chi connectivity index (χ0n) is 22.4. The number of halogens is 1. The van der Waals surface area contributed by atoms with E-state index in [1.807, 2.05) is 0 Å². The van der Waals surface area contributed by atoms with E-state index in [4.69, 9.17) is 14.6 Å². The second-order valence-corrected chi connectivity index (χ2v) is 8.31. The van der Waals surface area contributed by atoms with E-state index in [2.05, 4.69) is 23.8 Å². The Morgan fingerprint density at radius 3 is 1.88 bits per heavy atom. The molecule has 0 amide bonds. The number of morpholine rings is 2. The van der Waals surface area contributed by atoms with Gasteiger partial charge in [-0.25, -0.2) is 14.0 Å². The third kappa shape index (κ3) is 12.3. The maximum Gasteiger partial charge on any atom is 0.340 e. The third-order valence-corrected chi connectivity index (χ3v) is 5.19. The predicted octanol–water partition coefficient (Wildman–Crippen LogP) is 3.20. The number of benzene rings is 2. The molecule has 2 aliphatic rings. The number of carbonyl (C=O) groups is 2. The number of ether oxygens (including phenoxy) is 3. The van der Waals surface area contributed by atoms with Crippen LogP contribution in [0.2, 0.25) is 0 Å². The van der Waals surface area contributed by atoms with Gasteiger partial charge in [-0.15, -0.1) is 0 Å². The summed E-state index contributed by atoms with van der Waals surface area (Å²) in [5.41, 5.74) is -0.391. The molecular weight excluding hydrogens is 568 g/mol. The monoisotopic (exact) mass is 599 g/mol. The van der Waals surface area contributed by atoms with E-state index >= 15 is 0 Å². The number of nitrogens with one attached hydrogen (secondary N) is 1. The first-order valence-corrected chi connectivity index (χ1v) is 12.4. The van der Waals surface area contributed by atoms with Crippen LogP contribution in [-0.4, -0.2) is 93.7 Å².